The molecule has 2 fully saturated rings. The molecule has 1 atom stereocenters. The predicted octanol–water partition coefficient (Wildman–Crippen LogP) is 7.59. The van der Waals surface area contributed by atoms with Crippen molar-refractivity contribution in [2.45, 2.75) is 109 Å². The zero-order chi connectivity index (χ0) is 16.0. The Morgan fingerprint density at radius 1 is 0.909 bits per heavy atom. The molecule has 130 valence electrons. The molecule has 0 aliphatic heterocycles. The molecule has 2 aliphatic rings. The van der Waals surface area contributed by atoms with Crippen LogP contribution in [0.5, 0.6) is 0 Å². The second-order valence-electron chi connectivity index (χ2n) is 7.59. The molecule has 0 amide bonds. The van der Waals surface area contributed by atoms with Crippen LogP contribution in [0, 0.1) is 11.8 Å². The van der Waals surface area contributed by atoms with Crippen molar-refractivity contribution < 1.29 is 0 Å². The first kappa shape index (κ1) is 20.1. The van der Waals surface area contributed by atoms with E-state index in [0.717, 1.165) is 11.8 Å². The number of rotatable bonds is 6. The van der Waals surface area contributed by atoms with Gasteiger partial charge in [0.05, 0.1) is 0 Å². The summed E-state index contributed by atoms with van der Waals surface area (Å²) in [5.41, 5.74) is 0. The van der Waals surface area contributed by atoms with Crippen LogP contribution in [0.4, 0.5) is 0 Å². The van der Waals surface area contributed by atoms with Crippen LogP contribution >= 0.6 is 12.6 Å². The van der Waals surface area contributed by atoms with Crippen molar-refractivity contribution in [3.63, 3.8) is 0 Å². The third-order valence-corrected chi connectivity index (χ3v) is 5.77. The lowest BCUT2D eigenvalue weighted by Gasteiger charge is -2.23. The van der Waals surface area contributed by atoms with Crippen molar-refractivity contribution in [2.75, 3.05) is 0 Å². The minimum atomic E-state index is 0.612. The van der Waals surface area contributed by atoms with E-state index in [1.165, 1.54) is 89.9 Å². The largest absolute Gasteiger partial charge is 0.176 e. The molecular weight excluding hydrogens is 284 g/mol. The average molecular weight is 325 g/mol. The molecule has 0 aromatic heterocycles. The van der Waals surface area contributed by atoms with Crippen molar-refractivity contribution in [3.8, 4) is 0 Å². The van der Waals surface area contributed by atoms with E-state index < -0.39 is 0 Å². The number of hydrogen-bond acceptors (Lipinski definition) is 1. The number of hydrogen-bond donors (Lipinski definition) is 1. The first-order chi connectivity index (χ1) is 10.7. The first-order valence-electron chi connectivity index (χ1n) is 10.1. The lowest BCUT2D eigenvalue weighted by atomic mass is 9.83. The standard InChI is InChI=1S/C15H28S.C6H12/c1-3-6-15(16)8-5-4-7-14-11-9-13(2)10-12-14;1-2-4-6-5-3-1/h4,7,13-16H,3,5-6,8-12H2,1-2H3;1-6H2. The van der Waals surface area contributed by atoms with Crippen LogP contribution in [0.25, 0.3) is 0 Å². The molecule has 1 unspecified atom stereocenters. The summed E-state index contributed by atoms with van der Waals surface area (Å²) in [6.45, 7) is 4.62. The van der Waals surface area contributed by atoms with E-state index in [0.29, 0.717) is 5.25 Å². The highest BCUT2D eigenvalue weighted by molar-refractivity contribution is 7.80. The van der Waals surface area contributed by atoms with Crippen LogP contribution in [0.1, 0.15) is 104 Å². The van der Waals surface area contributed by atoms with E-state index in [4.69, 9.17) is 0 Å². The zero-order valence-electron chi connectivity index (χ0n) is 15.2. The van der Waals surface area contributed by atoms with Gasteiger partial charge in [0.25, 0.3) is 0 Å². The SMILES string of the molecule is C1CCCCC1.CCCC(S)CCC=CC1CCC(C)CC1. The Hall–Kier alpha value is 0.0900. The van der Waals surface area contributed by atoms with Crippen molar-refractivity contribution in [2.24, 2.45) is 11.8 Å². The number of allylic oxidation sites excluding steroid dienone is 2. The third kappa shape index (κ3) is 10.8. The van der Waals surface area contributed by atoms with Gasteiger partial charge in [-0.1, -0.05) is 83.8 Å². The normalized spacial score (nSPS) is 27.2. The summed E-state index contributed by atoms with van der Waals surface area (Å²) in [6.07, 6.45) is 24.6. The van der Waals surface area contributed by atoms with Crippen LogP contribution in [0.15, 0.2) is 12.2 Å². The van der Waals surface area contributed by atoms with Gasteiger partial charge in [0, 0.05) is 5.25 Å². The minimum absolute atomic E-state index is 0.612. The fourth-order valence-electron chi connectivity index (χ4n) is 3.59. The molecule has 2 saturated carbocycles. The lowest BCUT2D eigenvalue weighted by molar-refractivity contribution is 0.330. The summed E-state index contributed by atoms with van der Waals surface area (Å²) in [7, 11) is 0. The second-order valence-corrected chi connectivity index (χ2v) is 8.32. The molecule has 0 spiro atoms. The Labute approximate surface area is 145 Å². The van der Waals surface area contributed by atoms with Gasteiger partial charge in [-0.3, -0.25) is 0 Å². The van der Waals surface area contributed by atoms with Crippen LogP contribution in [0.3, 0.4) is 0 Å². The van der Waals surface area contributed by atoms with Gasteiger partial charge in [0.2, 0.25) is 0 Å². The van der Waals surface area contributed by atoms with Crippen molar-refractivity contribution >= 4 is 12.6 Å². The highest BCUT2D eigenvalue weighted by Crippen LogP contribution is 2.29. The fraction of sp³-hybridized carbons (Fsp3) is 0.905. The summed E-state index contributed by atoms with van der Waals surface area (Å²) in [6, 6.07) is 0. The monoisotopic (exact) mass is 324 g/mol. The Balaban J connectivity index is 0.000000335. The molecule has 2 rings (SSSR count). The lowest BCUT2D eigenvalue weighted by Crippen LogP contribution is -2.10. The summed E-state index contributed by atoms with van der Waals surface area (Å²) in [5.74, 6) is 1.84. The highest BCUT2D eigenvalue weighted by Gasteiger charge is 2.15. The first-order valence-corrected chi connectivity index (χ1v) is 10.6. The summed E-state index contributed by atoms with van der Waals surface area (Å²) in [5, 5.41) is 0.612. The molecule has 0 radical (unpaired) electrons. The highest BCUT2D eigenvalue weighted by atomic mass is 32.1. The van der Waals surface area contributed by atoms with Gasteiger partial charge in [-0.2, -0.15) is 12.6 Å². The average Bonchev–Trinajstić information content (AvgIpc) is 2.56. The molecule has 0 saturated heterocycles. The van der Waals surface area contributed by atoms with Gasteiger partial charge in [-0.05, 0) is 43.9 Å². The molecule has 0 N–H and O–H groups in total. The van der Waals surface area contributed by atoms with Crippen molar-refractivity contribution in [3.05, 3.63) is 12.2 Å². The topological polar surface area (TPSA) is 0 Å². The second kappa shape index (κ2) is 13.5. The van der Waals surface area contributed by atoms with E-state index in [1.807, 2.05) is 0 Å². The summed E-state index contributed by atoms with van der Waals surface area (Å²) < 4.78 is 0. The Bertz CT molecular complexity index is 248. The van der Waals surface area contributed by atoms with Crippen molar-refractivity contribution in [1.29, 1.82) is 0 Å². The molecule has 0 heterocycles. The van der Waals surface area contributed by atoms with E-state index in [2.05, 4.69) is 38.6 Å². The Kier molecular flexibility index (Phi) is 12.4. The van der Waals surface area contributed by atoms with Gasteiger partial charge >= 0.3 is 0 Å². The molecule has 0 bridgehead atoms. The predicted molar refractivity (Wildman–Crippen MR) is 105 cm³/mol. The maximum absolute atomic E-state index is 4.59. The minimum Gasteiger partial charge on any atom is -0.176 e. The maximum atomic E-state index is 4.59. The van der Waals surface area contributed by atoms with Crippen molar-refractivity contribution in [1.82, 2.24) is 0 Å². The molecular formula is C21H40S. The summed E-state index contributed by atoms with van der Waals surface area (Å²) >= 11 is 4.59. The Morgan fingerprint density at radius 3 is 1.95 bits per heavy atom. The number of thiol groups is 1. The van der Waals surface area contributed by atoms with Crippen LogP contribution in [-0.4, -0.2) is 5.25 Å². The molecule has 0 aromatic carbocycles. The van der Waals surface area contributed by atoms with Crippen LogP contribution in [-0.2, 0) is 0 Å². The molecule has 2 aliphatic carbocycles. The van der Waals surface area contributed by atoms with E-state index >= 15 is 0 Å². The van der Waals surface area contributed by atoms with Gasteiger partial charge < -0.3 is 0 Å². The van der Waals surface area contributed by atoms with Crippen LogP contribution in [0.2, 0.25) is 0 Å². The van der Waals surface area contributed by atoms with E-state index in [1.54, 1.807) is 0 Å². The van der Waals surface area contributed by atoms with Gasteiger partial charge in [-0.25, -0.2) is 0 Å². The van der Waals surface area contributed by atoms with E-state index in [-0.39, 0.29) is 0 Å². The summed E-state index contributed by atoms with van der Waals surface area (Å²) in [4.78, 5) is 0. The molecule has 0 nitrogen and oxygen atoms in total. The molecule has 0 aromatic rings. The third-order valence-electron chi connectivity index (χ3n) is 5.26. The quantitative estimate of drug-likeness (QED) is 0.377. The van der Waals surface area contributed by atoms with Gasteiger partial charge in [-0.15, -0.1) is 0 Å². The molecule has 22 heavy (non-hydrogen) atoms. The van der Waals surface area contributed by atoms with Gasteiger partial charge in [0.1, 0.15) is 0 Å². The zero-order valence-corrected chi connectivity index (χ0v) is 16.1. The van der Waals surface area contributed by atoms with Crippen LogP contribution < -0.4 is 0 Å². The fourth-order valence-corrected chi connectivity index (χ4v) is 4.00. The molecule has 1 heteroatoms. The smallest absolute Gasteiger partial charge is 0.00196 e. The maximum Gasteiger partial charge on any atom is 0.00196 e. The Morgan fingerprint density at radius 2 is 1.45 bits per heavy atom. The van der Waals surface area contributed by atoms with Gasteiger partial charge in [0.15, 0.2) is 0 Å². The van der Waals surface area contributed by atoms with E-state index in [9.17, 15) is 0 Å².